The lowest BCUT2D eigenvalue weighted by molar-refractivity contribution is 0.205. The van der Waals surface area contributed by atoms with Gasteiger partial charge in [-0.2, -0.15) is 0 Å². The first-order valence-electron chi connectivity index (χ1n) is 10.1. The monoisotopic (exact) mass is 387 g/mol. The molecular formula is C24H25N3S. The summed E-state index contributed by atoms with van der Waals surface area (Å²) < 4.78 is 0. The first kappa shape index (κ1) is 17.8. The third kappa shape index (κ3) is 3.54. The molecule has 0 N–H and O–H groups in total. The Hall–Kier alpha value is -2.30. The molecule has 0 spiro atoms. The van der Waals surface area contributed by atoms with Gasteiger partial charge in [-0.1, -0.05) is 30.3 Å². The summed E-state index contributed by atoms with van der Waals surface area (Å²) in [4.78, 5) is 10.7. The molecule has 0 aliphatic carbocycles. The van der Waals surface area contributed by atoms with Crippen molar-refractivity contribution in [3.8, 4) is 0 Å². The molecule has 28 heavy (non-hydrogen) atoms. The smallest absolute Gasteiger partial charge is 0.0551 e. The van der Waals surface area contributed by atoms with Crippen LogP contribution in [0.25, 0.3) is 0 Å². The van der Waals surface area contributed by atoms with Gasteiger partial charge < -0.3 is 4.90 Å². The number of fused-ring (bicyclic) bond motifs is 2. The Balaban J connectivity index is 1.39. The highest BCUT2D eigenvalue weighted by atomic mass is 32.2. The van der Waals surface area contributed by atoms with Gasteiger partial charge in [-0.3, -0.25) is 9.88 Å². The van der Waals surface area contributed by atoms with Crippen LogP contribution in [0.5, 0.6) is 0 Å². The maximum absolute atomic E-state index is 4.14. The fourth-order valence-corrected chi connectivity index (χ4v) is 5.45. The Kier molecular flexibility index (Phi) is 5.06. The fraction of sp³-hybridized carbons (Fsp3) is 0.292. The van der Waals surface area contributed by atoms with E-state index in [-0.39, 0.29) is 0 Å². The van der Waals surface area contributed by atoms with Crippen LogP contribution in [-0.2, 0) is 12.3 Å². The van der Waals surface area contributed by atoms with Crippen molar-refractivity contribution in [2.45, 2.75) is 36.1 Å². The van der Waals surface area contributed by atoms with Crippen LogP contribution in [0.2, 0.25) is 0 Å². The van der Waals surface area contributed by atoms with Crippen LogP contribution in [0.3, 0.4) is 0 Å². The maximum Gasteiger partial charge on any atom is 0.0551 e. The van der Waals surface area contributed by atoms with E-state index in [2.05, 4.69) is 75.4 Å². The fourth-order valence-electron chi connectivity index (χ4n) is 4.41. The average molecular weight is 388 g/mol. The molecule has 0 unspecified atom stereocenters. The highest BCUT2D eigenvalue weighted by Crippen LogP contribution is 2.44. The quantitative estimate of drug-likeness (QED) is 0.591. The molecule has 1 saturated heterocycles. The lowest BCUT2D eigenvalue weighted by Crippen LogP contribution is -2.43. The number of piperidine rings is 1. The molecule has 0 radical (unpaired) electrons. The van der Waals surface area contributed by atoms with Gasteiger partial charge in [0, 0.05) is 54.4 Å². The van der Waals surface area contributed by atoms with Gasteiger partial charge in [0.15, 0.2) is 0 Å². The van der Waals surface area contributed by atoms with Crippen molar-refractivity contribution in [2.75, 3.05) is 18.0 Å². The van der Waals surface area contributed by atoms with Crippen LogP contribution < -0.4 is 4.90 Å². The number of para-hydroxylation sites is 2. The van der Waals surface area contributed by atoms with Gasteiger partial charge in [-0.05, 0) is 54.3 Å². The predicted molar refractivity (Wildman–Crippen MR) is 117 cm³/mol. The largest absolute Gasteiger partial charge is 0.337 e. The van der Waals surface area contributed by atoms with Gasteiger partial charge >= 0.3 is 0 Å². The van der Waals surface area contributed by atoms with Crippen LogP contribution in [0.15, 0.2) is 78.0 Å². The Morgan fingerprint density at radius 2 is 1.57 bits per heavy atom. The molecule has 5 rings (SSSR count). The van der Waals surface area contributed by atoms with E-state index in [9.17, 15) is 0 Å². The van der Waals surface area contributed by atoms with E-state index in [4.69, 9.17) is 0 Å². The van der Waals surface area contributed by atoms with Crippen molar-refractivity contribution in [1.29, 1.82) is 0 Å². The molecule has 4 heteroatoms. The summed E-state index contributed by atoms with van der Waals surface area (Å²) in [5, 5.41) is 0. The van der Waals surface area contributed by atoms with E-state index in [1.807, 2.05) is 24.2 Å². The Bertz CT molecular complexity index is 888. The SMILES string of the molecule is c1ccc2c(c1)CSc1ccccc1N2C1CCN(Cc2ccncc2)CC1. The molecule has 2 aromatic carbocycles. The minimum Gasteiger partial charge on any atom is -0.337 e. The molecule has 2 aliphatic heterocycles. The second-order valence-corrected chi connectivity index (χ2v) is 8.64. The first-order valence-corrected chi connectivity index (χ1v) is 11.1. The number of aromatic nitrogens is 1. The third-order valence-corrected chi connectivity index (χ3v) is 6.95. The number of likely N-dealkylation sites (tertiary alicyclic amines) is 1. The molecule has 2 aliphatic rings. The summed E-state index contributed by atoms with van der Waals surface area (Å²) in [5.74, 6) is 1.05. The molecule has 0 saturated carbocycles. The second kappa shape index (κ2) is 7.98. The molecule has 1 fully saturated rings. The lowest BCUT2D eigenvalue weighted by Gasteiger charge is -2.40. The van der Waals surface area contributed by atoms with Gasteiger partial charge in [-0.15, -0.1) is 11.8 Å². The average Bonchev–Trinajstić information content (AvgIpc) is 2.92. The first-order chi connectivity index (χ1) is 13.9. The molecule has 3 heterocycles. The molecule has 0 atom stereocenters. The zero-order chi connectivity index (χ0) is 18.8. The third-order valence-electron chi connectivity index (χ3n) is 5.84. The summed E-state index contributed by atoms with van der Waals surface area (Å²) >= 11 is 1.96. The Morgan fingerprint density at radius 1 is 0.857 bits per heavy atom. The zero-order valence-corrected chi connectivity index (χ0v) is 16.8. The van der Waals surface area contributed by atoms with Crippen molar-refractivity contribution in [1.82, 2.24) is 9.88 Å². The van der Waals surface area contributed by atoms with Crippen molar-refractivity contribution < 1.29 is 0 Å². The van der Waals surface area contributed by atoms with Crippen molar-refractivity contribution in [3.63, 3.8) is 0 Å². The Morgan fingerprint density at radius 3 is 2.39 bits per heavy atom. The van der Waals surface area contributed by atoms with E-state index in [0.29, 0.717) is 6.04 Å². The number of hydrogen-bond donors (Lipinski definition) is 0. The van der Waals surface area contributed by atoms with Crippen LogP contribution in [-0.4, -0.2) is 29.0 Å². The molecule has 3 nitrogen and oxygen atoms in total. The summed E-state index contributed by atoms with van der Waals surface area (Å²) in [6.07, 6.45) is 6.17. The summed E-state index contributed by atoms with van der Waals surface area (Å²) in [6.45, 7) is 3.31. The zero-order valence-electron chi connectivity index (χ0n) is 16.0. The van der Waals surface area contributed by atoms with Crippen molar-refractivity contribution in [2.24, 2.45) is 0 Å². The molecule has 0 bridgehead atoms. The van der Waals surface area contributed by atoms with Crippen LogP contribution in [0.1, 0.15) is 24.0 Å². The van der Waals surface area contributed by atoms with E-state index < -0.39 is 0 Å². The summed E-state index contributed by atoms with van der Waals surface area (Å²) in [7, 11) is 0. The van der Waals surface area contributed by atoms with E-state index in [0.717, 1.165) is 25.4 Å². The normalized spacial score (nSPS) is 17.6. The van der Waals surface area contributed by atoms with Crippen molar-refractivity contribution in [3.05, 3.63) is 84.2 Å². The number of nitrogens with zero attached hydrogens (tertiary/aromatic N) is 3. The predicted octanol–water partition coefficient (Wildman–Crippen LogP) is 5.49. The molecule has 1 aromatic heterocycles. The van der Waals surface area contributed by atoms with E-state index in [1.165, 1.54) is 40.2 Å². The molecule has 3 aromatic rings. The van der Waals surface area contributed by atoms with Crippen molar-refractivity contribution >= 4 is 23.1 Å². The van der Waals surface area contributed by atoms with Gasteiger partial charge in [0.1, 0.15) is 0 Å². The highest BCUT2D eigenvalue weighted by Gasteiger charge is 2.30. The number of rotatable bonds is 3. The second-order valence-electron chi connectivity index (χ2n) is 7.62. The number of anilines is 2. The van der Waals surface area contributed by atoms with Gasteiger partial charge in [-0.25, -0.2) is 0 Å². The topological polar surface area (TPSA) is 19.4 Å². The standard InChI is InChI=1S/C24H25N3S/c1-2-6-22-20(5-1)18-28-24-8-4-3-7-23(24)27(22)21-11-15-26(16-12-21)17-19-9-13-25-14-10-19/h1-10,13-14,21H,11-12,15-18H2. The number of hydrogen-bond acceptors (Lipinski definition) is 4. The summed E-state index contributed by atoms with van der Waals surface area (Å²) in [5.41, 5.74) is 5.58. The van der Waals surface area contributed by atoms with Crippen LogP contribution >= 0.6 is 11.8 Å². The number of benzene rings is 2. The van der Waals surface area contributed by atoms with E-state index in [1.54, 1.807) is 0 Å². The van der Waals surface area contributed by atoms with E-state index >= 15 is 0 Å². The maximum atomic E-state index is 4.14. The van der Waals surface area contributed by atoms with Gasteiger partial charge in [0.2, 0.25) is 0 Å². The summed E-state index contributed by atoms with van der Waals surface area (Å²) in [6, 6.07) is 22.7. The highest BCUT2D eigenvalue weighted by molar-refractivity contribution is 7.98. The minimum atomic E-state index is 0.551. The number of thioether (sulfide) groups is 1. The molecule has 0 amide bonds. The van der Waals surface area contributed by atoms with Gasteiger partial charge in [0.05, 0.1) is 5.69 Å². The van der Waals surface area contributed by atoms with Gasteiger partial charge in [0.25, 0.3) is 0 Å². The lowest BCUT2D eigenvalue weighted by atomic mass is 9.99. The molecular weight excluding hydrogens is 362 g/mol. The van der Waals surface area contributed by atoms with Crippen LogP contribution in [0.4, 0.5) is 11.4 Å². The number of pyridine rings is 1. The van der Waals surface area contributed by atoms with Crippen LogP contribution in [0, 0.1) is 0 Å². The molecule has 142 valence electrons. The Labute approximate surface area is 171 Å². The minimum absolute atomic E-state index is 0.551.